The van der Waals surface area contributed by atoms with Crippen molar-refractivity contribution in [3.05, 3.63) is 46.6 Å². The van der Waals surface area contributed by atoms with Gasteiger partial charge in [0.1, 0.15) is 0 Å². The van der Waals surface area contributed by atoms with Crippen molar-refractivity contribution in [1.82, 2.24) is 15.0 Å². The summed E-state index contributed by atoms with van der Waals surface area (Å²) in [6, 6.07) is 7.53. The number of aryl methyl sites for hydroxylation is 1. The maximum atomic E-state index is 12.0. The lowest BCUT2D eigenvalue weighted by Gasteiger charge is -2.16. The van der Waals surface area contributed by atoms with Crippen molar-refractivity contribution in [1.29, 1.82) is 0 Å². The molecule has 1 aromatic carbocycles. The Morgan fingerprint density at radius 3 is 2.80 bits per heavy atom. The average molecular weight is 292 g/mol. The SMILES string of the molecule is Cc1nc(C2CC(=O)N(Cc3ccc(Cl)cc3)C2)no1. The first-order chi connectivity index (χ1) is 9.61. The van der Waals surface area contributed by atoms with E-state index in [0.717, 1.165) is 5.56 Å². The van der Waals surface area contributed by atoms with Crippen LogP contribution in [0.3, 0.4) is 0 Å². The number of hydrogen-bond acceptors (Lipinski definition) is 4. The highest BCUT2D eigenvalue weighted by Crippen LogP contribution is 2.27. The summed E-state index contributed by atoms with van der Waals surface area (Å²) in [5.41, 5.74) is 1.06. The molecule has 3 rings (SSSR count). The van der Waals surface area contributed by atoms with E-state index in [2.05, 4.69) is 10.1 Å². The number of benzene rings is 1. The molecule has 1 saturated heterocycles. The molecule has 1 aliphatic rings. The zero-order valence-electron chi connectivity index (χ0n) is 11.0. The zero-order valence-corrected chi connectivity index (χ0v) is 11.8. The second-order valence-electron chi connectivity index (χ2n) is 4.97. The molecule has 0 saturated carbocycles. The Balaban J connectivity index is 1.69. The van der Waals surface area contributed by atoms with Crippen molar-refractivity contribution in [3.63, 3.8) is 0 Å². The molecule has 0 aliphatic carbocycles. The largest absolute Gasteiger partial charge is 0.340 e. The number of carbonyl (C=O) groups excluding carboxylic acids is 1. The van der Waals surface area contributed by atoms with Crippen LogP contribution in [0.1, 0.15) is 29.6 Å². The molecule has 1 amide bonds. The fourth-order valence-electron chi connectivity index (χ4n) is 2.39. The minimum atomic E-state index is 0.0206. The molecule has 1 unspecified atom stereocenters. The zero-order chi connectivity index (χ0) is 14.1. The standard InChI is InChI=1S/C14H14ClN3O2/c1-9-16-14(17-20-9)11-6-13(19)18(8-11)7-10-2-4-12(15)5-3-10/h2-5,11H,6-8H2,1H3. The van der Waals surface area contributed by atoms with Gasteiger partial charge in [0.15, 0.2) is 5.82 Å². The van der Waals surface area contributed by atoms with Crippen molar-refractivity contribution in [2.24, 2.45) is 0 Å². The molecule has 0 bridgehead atoms. The van der Waals surface area contributed by atoms with E-state index in [9.17, 15) is 4.79 Å². The van der Waals surface area contributed by atoms with Crippen LogP contribution in [0, 0.1) is 6.92 Å². The highest BCUT2D eigenvalue weighted by atomic mass is 35.5. The molecule has 0 N–H and O–H groups in total. The molecule has 1 aromatic heterocycles. The van der Waals surface area contributed by atoms with Gasteiger partial charge in [-0.3, -0.25) is 4.79 Å². The summed E-state index contributed by atoms with van der Waals surface area (Å²) in [5, 5.41) is 4.60. The van der Waals surface area contributed by atoms with Crippen LogP contribution in [0.4, 0.5) is 0 Å². The number of halogens is 1. The van der Waals surface area contributed by atoms with Crippen LogP contribution in [0.15, 0.2) is 28.8 Å². The van der Waals surface area contributed by atoms with Gasteiger partial charge in [-0.15, -0.1) is 0 Å². The lowest BCUT2D eigenvalue weighted by Crippen LogP contribution is -2.24. The van der Waals surface area contributed by atoms with Crippen LogP contribution in [-0.4, -0.2) is 27.5 Å². The Morgan fingerprint density at radius 1 is 1.40 bits per heavy atom. The molecular weight excluding hydrogens is 278 g/mol. The predicted octanol–water partition coefficient (Wildman–Crippen LogP) is 2.55. The molecule has 5 nitrogen and oxygen atoms in total. The van der Waals surface area contributed by atoms with Crippen LogP contribution in [-0.2, 0) is 11.3 Å². The van der Waals surface area contributed by atoms with E-state index in [1.54, 1.807) is 6.92 Å². The summed E-state index contributed by atoms with van der Waals surface area (Å²) in [7, 11) is 0. The van der Waals surface area contributed by atoms with Crippen molar-refractivity contribution in [2.75, 3.05) is 6.54 Å². The van der Waals surface area contributed by atoms with Gasteiger partial charge in [0, 0.05) is 37.4 Å². The van der Waals surface area contributed by atoms with Gasteiger partial charge in [-0.1, -0.05) is 28.9 Å². The summed E-state index contributed by atoms with van der Waals surface area (Å²) in [4.78, 5) is 18.1. The Labute approximate surface area is 121 Å². The topological polar surface area (TPSA) is 59.2 Å². The van der Waals surface area contributed by atoms with Gasteiger partial charge >= 0.3 is 0 Å². The summed E-state index contributed by atoms with van der Waals surface area (Å²) >= 11 is 5.86. The first-order valence-corrected chi connectivity index (χ1v) is 6.82. The van der Waals surface area contributed by atoms with E-state index < -0.39 is 0 Å². The van der Waals surface area contributed by atoms with E-state index in [1.165, 1.54) is 0 Å². The quantitative estimate of drug-likeness (QED) is 0.872. The molecule has 20 heavy (non-hydrogen) atoms. The van der Waals surface area contributed by atoms with Crippen LogP contribution in [0.2, 0.25) is 5.02 Å². The summed E-state index contributed by atoms with van der Waals surface area (Å²) < 4.78 is 4.97. The van der Waals surface area contributed by atoms with Crippen molar-refractivity contribution >= 4 is 17.5 Å². The molecule has 104 valence electrons. The number of hydrogen-bond donors (Lipinski definition) is 0. The third-order valence-corrected chi connectivity index (χ3v) is 3.66. The van der Waals surface area contributed by atoms with Gasteiger partial charge in [-0.25, -0.2) is 0 Å². The van der Waals surface area contributed by atoms with E-state index in [4.69, 9.17) is 16.1 Å². The van der Waals surface area contributed by atoms with Crippen molar-refractivity contribution in [3.8, 4) is 0 Å². The van der Waals surface area contributed by atoms with Gasteiger partial charge in [0.25, 0.3) is 0 Å². The number of rotatable bonds is 3. The molecule has 2 heterocycles. The molecular formula is C14H14ClN3O2. The summed E-state index contributed by atoms with van der Waals surface area (Å²) in [5.74, 6) is 1.29. The van der Waals surface area contributed by atoms with Gasteiger partial charge in [-0.05, 0) is 17.7 Å². The number of likely N-dealkylation sites (tertiary alicyclic amines) is 1. The summed E-state index contributed by atoms with van der Waals surface area (Å²) in [6.07, 6.45) is 0.437. The molecule has 2 aromatic rings. The molecule has 1 fully saturated rings. The van der Waals surface area contributed by atoms with Crippen LogP contribution < -0.4 is 0 Å². The molecule has 1 aliphatic heterocycles. The molecule has 6 heteroatoms. The molecule has 0 spiro atoms. The number of amides is 1. The van der Waals surface area contributed by atoms with E-state index in [0.29, 0.717) is 36.2 Å². The highest BCUT2D eigenvalue weighted by molar-refractivity contribution is 6.30. The molecule has 1 atom stereocenters. The molecule has 0 radical (unpaired) electrons. The fraction of sp³-hybridized carbons (Fsp3) is 0.357. The first kappa shape index (κ1) is 13.1. The fourth-order valence-corrected chi connectivity index (χ4v) is 2.51. The predicted molar refractivity (Wildman–Crippen MR) is 73.3 cm³/mol. The first-order valence-electron chi connectivity index (χ1n) is 6.44. The average Bonchev–Trinajstić information content (AvgIpc) is 3.00. The highest BCUT2D eigenvalue weighted by Gasteiger charge is 2.33. The normalized spacial score (nSPS) is 18.8. The van der Waals surface area contributed by atoms with Gasteiger partial charge in [0.2, 0.25) is 11.8 Å². The third-order valence-electron chi connectivity index (χ3n) is 3.41. The lowest BCUT2D eigenvalue weighted by atomic mass is 10.1. The van der Waals surface area contributed by atoms with Crippen molar-refractivity contribution in [2.45, 2.75) is 25.8 Å². The number of aromatic nitrogens is 2. The maximum Gasteiger partial charge on any atom is 0.223 e. The van der Waals surface area contributed by atoms with Crippen LogP contribution >= 0.6 is 11.6 Å². The number of carbonyl (C=O) groups is 1. The van der Waals surface area contributed by atoms with Gasteiger partial charge in [-0.2, -0.15) is 4.98 Å². The number of nitrogens with zero attached hydrogens (tertiary/aromatic N) is 3. The van der Waals surface area contributed by atoms with Crippen LogP contribution in [0.5, 0.6) is 0 Å². The second-order valence-corrected chi connectivity index (χ2v) is 5.41. The second kappa shape index (κ2) is 5.25. The Hall–Kier alpha value is -1.88. The minimum absolute atomic E-state index is 0.0206. The van der Waals surface area contributed by atoms with Gasteiger partial charge < -0.3 is 9.42 Å². The monoisotopic (exact) mass is 291 g/mol. The summed E-state index contributed by atoms with van der Waals surface area (Å²) in [6.45, 7) is 2.96. The smallest absolute Gasteiger partial charge is 0.223 e. The van der Waals surface area contributed by atoms with E-state index in [1.807, 2.05) is 29.2 Å². The lowest BCUT2D eigenvalue weighted by molar-refractivity contribution is -0.128. The van der Waals surface area contributed by atoms with E-state index >= 15 is 0 Å². The van der Waals surface area contributed by atoms with Gasteiger partial charge in [0.05, 0.1) is 0 Å². The third kappa shape index (κ3) is 2.67. The Bertz CT molecular complexity index is 624. The van der Waals surface area contributed by atoms with E-state index in [-0.39, 0.29) is 11.8 Å². The van der Waals surface area contributed by atoms with Crippen molar-refractivity contribution < 1.29 is 9.32 Å². The Kier molecular flexibility index (Phi) is 3.44. The Morgan fingerprint density at radius 2 is 2.15 bits per heavy atom. The minimum Gasteiger partial charge on any atom is -0.340 e. The van der Waals surface area contributed by atoms with Crippen LogP contribution in [0.25, 0.3) is 0 Å². The maximum absolute atomic E-state index is 12.0.